The summed E-state index contributed by atoms with van der Waals surface area (Å²) in [4.78, 5) is 30.4. The van der Waals surface area contributed by atoms with E-state index in [0.717, 1.165) is 0 Å². The molecule has 0 radical (unpaired) electrons. The van der Waals surface area contributed by atoms with E-state index in [-0.39, 0.29) is 10.6 Å². The smallest absolute Gasteiger partial charge is 0.263 e. The Balaban J connectivity index is 1.55. The molecule has 10 heteroatoms. The molecule has 0 atom stereocenters. The number of nitrogens with one attached hydrogen (secondary N) is 3. The summed E-state index contributed by atoms with van der Waals surface area (Å²) in [7, 11) is 4.74. The third kappa shape index (κ3) is 6.22. The van der Waals surface area contributed by atoms with E-state index in [0.29, 0.717) is 51.0 Å². The minimum absolute atomic E-state index is 0.0644. The quantitative estimate of drug-likeness (QED) is 0.139. The number of halogens is 1. The third-order valence-electron chi connectivity index (χ3n) is 5.85. The highest BCUT2D eigenvalue weighted by Crippen LogP contribution is 2.38. The lowest BCUT2D eigenvalue weighted by molar-refractivity contribution is -0.118. The number of nitrogens with zero attached hydrogens (tertiary/aromatic N) is 1. The Morgan fingerprint density at radius 3 is 2.10 bits per heavy atom. The van der Waals surface area contributed by atoms with Crippen LogP contribution < -0.4 is 30.2 Å². The molecular formula is C29H27ClN4O5. The molecule has 0 bridgehead atoms. The summed E-state index contributed by atoms with van der Waals surface area (Å²) in [5.74, 6) is 0.804. The fourth-order valence-corrected chi connectivity index (χ4v) is 4.01. The van der Waals surface area contributed by atoms with Crippen LogP contribution in [-0.4, -0.2) is 38.1 Å². The fraction of sp³-hybridized carbons (Fsp3) is 0.138. The molecule has 0 saturated carbocycles. The predicted molar refractivity (Wildman–Crippen MR) is 152 cm³/mol. The van der Waals surface area contributed by atoms with E-state index < -0.39 is 11.8 Å². The summed E-state index contributed by atoms with van der Waals surface area (Å²) in [6.07, 6.45) is 1.62. The molecule has 0 fully saturated rings. The second-order valence-corrected chi connectivity index (χ2v) is 8.71. The van der Waals surface area contributed by atoms with Gasteiger partial charge in [0.2, 0.25) is 0 Å². The molecule has 3 N–H and O–H groups in total. The molecule has 39 heavy (non-hydrogen) atoms. The molecule has 0 unspecified atom stereocenters. The van der Waals surface area contributed by atoms with E-state index in [2.05, 4.69) is 20.9 Å². The van der Waals surface area contributed by atoms with Gasteiger partial charge in [-0.25, -0.2) is 0 Å². The van der Waals surface area contributed by atoms with Crippen LogP contribution in [0.5, 0.6) is 23.0 Å². The van der Waals surface area contributed by atoms with Crippen molar-refractivity contribution in [2.75, 3.05) is 31.9 Å². The maximum atomic E-state index is 13.1. The molecule has 1 aromatic heterocycles. The summed E-state index contributed by atoms with van der Waals surface area (Å²) >= 11 is 6.52. The standard InChI is InChI=1S/C29H27ClN4O5/c1-17(31-2)27(28(35)33-18-8-6-5-7-9-18)29(36)34-19-10-11-24(21(30)14-19)39-23-12-13-32-22-16-26(38-4)25(37-3)15-20(22)23/h5-16,31H,1-4H3,(H,33,35)(H,34,36)/b27-17+. The summed E-state index contributed by atoms with van der Waals surface area (Å²) < 4.78 is 16.9. The number of allylic oxidation sites excluding steroid dienone is 1. The Labute approximate surface area is 230 Å². The number of benzene rings is 3. The van der Waals surface area contributed by atoms with Crippen molar-refractivity contribution in [2.45, 2.75) is 6.92 Å². The van der Waals surface area contributed by atoms with Crippen molar-refractivity contribution in [1.82, 2.24) is 10.3 Å². The molecular weight excluding hydrogens is 520 g/mol. The Morgan fingerprint density at radius 1 is 0.795 bits per heavy atom. The number of pyridine rings is 1. The van der Waals surface area contributed by atoms with Gasteiger partial charge in [-0.05, 0) is 49.4 Å². The number of aromatic nitrogens is 1. The van der Waals surface area contributed by atoms with Crippen LogP contribution >= 0.6 is 11.6 Å². The van der Waals surface area contributed by atoms with Gasteiger partial charge in [0, 0.05) is 41.8 Å². The molecule has 3 aromatic carbocycles. The molecule has 0 saturated heterocycles. The number of fused-ring (bicyclic) bond motifs is 1. The highest BCUT2D eigenvalue weighted by molar-refractivity contribution is 6.32. The SMILES string of the molecule is CN/C(C)=C(\C(=O)Nc1ccccc1)C(=O)Nc1ccc(Oc2ccnc3cc(OC)c(OC)cc23)c(Cl)c1. The van der Waals surface area contributed by atoms with Crippen molar-refractivity contribution in [3.63, 3.8) is 0 Å². The van der Waals surface area contributed by atoms with E-state index in [9.17, 15) is 9.59 Å². The number of rotatable bonds is 9. The first-order valence-corrected chi connectivity index (χ1v) is 12.3. The monoisotopic (exact) mass is 546 g/mol. The van der Waals surface area contributed by atoms with Crippen LogP contribution in [0.25, 0.3) is 10.9 Å². The van der Waals surface area contributed by atoms with Crippen LogP contribution in [0.2, 0.25) is 5.02 Å². The molecule has 0 aliphatic rings. The highest BCUT2D eigenvalue weighted by atomic mass is 35.5. The Bertz CT molecular complexity index is 1560. The van der Waals surface area contributed by atoms with Crippen molar-refractivity contribution >= 4 is 45.7 Å². The van der Waals surface area contributed by atoms with Crippen LogP contribution in [0.3, 0.4) is 0 Å². The normalized spacial score (nSPS) is 11.3. The van der Waals surface area contributed by atoms with Gasteiger partial charge in [-0.3, -0.25) is 14.6 Å². The first kappa shape index (κ1) is 27.3. The zero-order valence-electron chi connectivity index (χ0n) is 21.8. The third-order valence-corrected chi connectivity index (χ3v) is 6.15. The molecule has 0 spiro atoms. The van der Waals surface area contributed by atoms with Crippen LogP contribution in [0.15, 0.2) is 84.2 Å². The Kier molecular flexibility index (Phi) is 8.53. The van der Waals surface area contributed by atoms with Gasteiger partial charge in [0.15, 0.2) is 11.5 Å². The van der Waals surface area contributed by atoms with Crippen LogP contribution in [0.4, 0.5) is 11.4 Å². The predicted octanol–water partition coefficient (Wildman–Crippen LogP) is 5.77. The number of carbonyl (C=O) groups excluding carboxylic acids is 2. The van der Waals surface area contributed by atoms with Gasteiger partial charge < -0.3 is 30.2 Å². The summed E-state index contributed by atoms with van der Waals surface area (Å²) in [5, 5.41) is 9.29. The Morgan fingerprint density at radius 2 is 1.46 bits per heavy atom. The van der Waals surface area contributed by atoms with E-state index in [1.54, 1.807) is 95.1 Å². The topological polar surface area (TPSA) is 111 Å². The van der Waals surface area contributed by atoms with E-state index in [1.165, 1.54) is 0 Å². The van der Waals surface area contributed by atoms with E-state index >= 15 is 0 Å². The maximum absolute atomic E-state index is 13.1. The van der Waals surface area contributed by atoms with E-state index in [4.69, 9.17) is 25.8 Å². The molecule has 4 aromatic rings. The van der Waals surface area contributed by atoms with Gasteiger partial charge in [-0.1, -0.05) is 29.8 Å². The molecule has 2 amide bonds. The van der Waals surface area contributed by atoms with Gasteiger partial charge in [-0.15, -0.1) is 0 Å². The van der Waals surface area contributed by atoms with Gasteiger partial charge in [0.25, 0.3) is 11.8 Å². The zero-order chi connectivity index (χ0) is 27.9. The molecule has 0 aliphatic heterocycles. The lowest BCUT2D eigenvalue weighted by Gasteiger charge is -2.15. The molecule has 4 rings (SSSR count). The van der Waals surface area contributed by atoms with Crippen molar-refractivity contribution in [1.29, 1.82) is 0 Å². The van der Waals surface area contributed by atoms with Crippen LogP contribution in [-0.2, 0) is 9.59 Å². The number of hydrogen-bond acceptors (Lipinski definition) is 7. The average Bonchev–Trinajstić information content (AvgIpc) is 2.94. The van der Waals surface area contributed by atoms with Crippen molar-refractivity contribution < 1.29 is 23.8 Å². The first-order chi connectivity index (χ1) is 18.8. The second-order valence-electron chi connectivity index (χ2n) is 8.30. The van der Waals surface area contributed by atoms with Gasteiger partial charge >= 0.3 is 0 Å². The Hall–Kier alpha value is -4.76. The average molecular weight is 547 g/mol. The second kappa shape index (κ2) is 12.2. The number of methoxy groups -OCH3 is 2. The summed E-state index contributed by atoms with van der Waals surface area (Å²) in [5.41, 5.74) is 1.95. The fourth-order valence-electron chi connectivity index (χ4n) is 3.79. The van der Waals surface area contributed by atoms with Gasteiger partial charge in [0.1, 0.15) is 17.1 Å². The number of carbonyl (C=O) groups is 2. The zero-order valence-corrected chi connectivity index (χ0v) is 22.6. The van der Waals surface area contributed by atoms with Crippen molar-refractivity contribution in [3.8, 4) is 23.0 Å². The number of para-hydroxylation sites is 1. The van der Waals surface area contributed by atoms with Gasteiger partial charge in [-0.2, -0.15) is 0 Å². The van der Waals surface area contributed by atoms with Crippen LogP contribution in [0.1, 0.15) is 6.92 Å². The first-order valence-electron chi connectivity index (χ1n) is 11.9. The lowest BCUT2D eigenvalue weighted by atomic mass is 10.1. The number of anilines is 2. The molecule has 0 aliphatic carbocycles. The molecule has 200 valence electrons. The highest BCUT2D eigenvalue weighted by Gasteiger charge is 2.22. The number of hydrogen-bond donors (Lipinski definition) is 3. The summed E-state index contributed by atoms with van der Waals surface area (Å²) in [6, 6.07) is 18.9. The minimum Gasteiger partial charge on any atom is -0.493 e. The van der Waals surface area contributed by atoms with E-state index in [1.807, 2.05) is 6.07 Å². The van der Waals surface area contributed by atoms with Crippen molar-refractivity contribution in [3.05, 3.63) is 89.2 Å². The molecule has 9 nitrogen and oxygen atoms in total. The molecule has 1 heterocycles. The largest absolute Gasteiger partial charge is 0.493 e. The number of ether oxygens (including phenoxy) is 3. The summed E-state index contributed by atoms with van der Waals surface area (Å²) in [6.45, 7) is 1.65. The van der Waals surface area contributed by atoms with Crippen LogP contribution in [0, 0.1) is 0 Å². The maximum Gasteiger partial charge on any atom is 0.263 e. The number of amides is 2. The van der Waals surface area contributed by atoms with Gasteiger partial charge in [0.05, 0.1) is 24.8 Å². The minimum atomic E-state index is -0.596. The lowest BCUT2D eigenvalue weighted by Crippen LogP contribution is -2.29. The van der Waals surface area contributed by atoms with Crippen molar-refractivity contribution in [2.24, 2.45) is 0 Å².